The summed E-state index contributed by atoms with van der Waals surface area (Å²) >= 11 is 0. The van der Waals surface area contributed by atoms with Gasteiger partial charge in [0.05, 0.1) is 16.6 Å². The highest BCUT2D eigenvalue weighted by Crippen LogP contribution is 2.40. The number of nitrogens with zero attached hydrogens (tertiary/aromatic N) is 5. The number of rotatable bonds is 3. The summed E-state index contributed by atoms with van der Waals surface area (Å²) in [5, 5.41) is 5.37. The monoisotopic (exact) mass is 393 g/mol. The van der Waals surface area contributed by atoms with Gasteiger partial charge in [-0.1, -0.05) is 0 Å². The van der Waals surface area contributed by atoms with Crippen molar-refractivity contribution in [2.24, 2.45) is 7.05 Å². The van der Waals surface area contributed by atoms with Crippen LogP contribution < -0.4 is 4.90 Å². The van der Waals surface area contributed by atoms with E-state index in [1.807, 2.05) is 24.9 Å². The van der Waals surface area contributed by atoms with Crippen LogP contribution in [0, 0.1) is 12.7 Å². The van der Waals surface area contributed by atoms with Gasteiger partial charge < -0.3 is 9.80 Å². The minimum absolute atomic E-state index is 0.0501. The van der Waals surface area contributed by atoms with Crippen LogP contribution in [0.5, 0.6) is 0 Å². The second kappa shape index (κ2) is 6.83. The summed E-state index contributed by atoms with van der Waals surface area (Å²) in [5.74, 6) is 0.285. The van der Waals surface area contributed by atoms with Crippen molar-refractivity contribution in [3.8, 4) is 0 Å². The molecular weight excluding hydrogens is 369 g/mol. The fraction of sp³-hybridized carbons (Fsp3) is 0.409. The Morgan fingerprint density at radius 3 is 2.45 bits per heavy atom. The van der Waals surface area contributed by atoms with Gasteiger partial charge in [-0.25, -0.2) is 9.37 Å². The number of hydrogen-bond acceptors (Lipinski definition) is 4. The van der Waals surface area contributed by atoms with Crippen LogP contribution in [-0.4, -0.2) is 51.8 Å². The molecule has 1 aromatic carbocycles. The molecule has 5 rings (SSSR count). The summed E-state index contributed by atoms with van der Waals surface area (Å²) in [5.41, 5.74) is 4.35. The molecule has 1 amide bonds. The number of aromatic nitrogens is 3. The number of anilines is 1. The Balaban J connectivity index is 1.41. The molecule has 1 aliphatic carbocycles. The number of aryl methyl sites for hydroxylation is 2. The Hall–Kier alpha value is -2.96. The average molecular weight is 393 g/mol. The van der Waals surface area contributed by atoms with Crippen LogP contribution in [-0.2, 0) is 7.05 Å². The highest BCUT2D eigenvalue weighted by Gasteiger charge is 2.30. The topological polar surface area (TPSA) is 54.3 Å². The van der Waals surface area contributed by atoms with Gasteiger partial charge in [-0.3, -0.25) is 9.48 Å². The number of amides is 1. The van der Waals surface area contributed by atoms with Crippen molar-refractivity contribution in [3.63, 3.8) is 0 Å². The first-order chi connectivity index (χ1) is 14.0. The molecule has 7 heteroatoms. The summed E-state index contributed by atoms with van der Waals surface area (Å²) in [6, 6.07) is 8.53. The summed E-state index contributed by atoms with van der Waals surface area (Å²) in [7, 11) is 1.88. The summed E-state index contributed by atoms with van der Waals surface area (Å²) in [4.78, 5) is 22.4. The number of hydrogen-bond donors (Lipinski definition) is 0. The minimum Gasteiger partial charge on any atom is -0.368 e. The maximum absolute atomic E-state index is 13.5. The molecule has 3 aromatic rings. The van der Waals surface area contributed by atoms with Crippen molar-refractivity contribution in [3.05, 3.63) is 53.1 Å². The van der Waals surface area contributed by atoms with Gasteiger partial charge in [0.25, 0.3) is 5.91 Å². The maximum atomic E-state index is 13.5. The van der Waals surface area contributed by atoms with Gasteiger partial charge in [0.2, 0.25) is 0 Å². The van der Waals surface area contributed by atoms with Crippen molar-refractivity contribution in [2.75, 3.05) is 31.1 Å². The maximum Gasteiger partial charge on any atom is 0.254 e. The van der Waals surface area contributed by atoms with Crippen molar-refractivity contribution in [1.29, 1.82) is 0 Å². The second-order valence-electron chi connectivity index (χ2n) is 8.03. The minimum atomic E-state index is -0.234. The Morgan fingerprint density at radius 2 is 1.79 bits per heavy atom. The van der Waals surface area contributed by atoms with E-state index in [1.165, 1.54) is 12.1 Å². The number of fused-ring (bicyclic) bond motifs is 1. The van der Waals surface area contributed by atoms with Crippen LogP contribution in [0.2, 0.25) is 0 Å². The first kappa shape index (κ1) is 18.1. The molecule has 6 nitrogen and oxygen atoms in total. The highest BCUT2D eigenvalue weighted by molar-refractivity contribution is 6.06. The molecule has 1 aliphatic heterocycles. The standard InChI is InChI=1S/C22H24FN5O/c1-14-20-18(13-19(15-3-4-15)24-21(20)26(2)25-14)22(29)28-11-9-27(10-12-28)17-7-5-16(23)6-8-17/h5-8,13,15H,3-4,9-12H2,1-2H3. The number of halogens is 1. The van der Waals surface area contributed by atoms with E-state index in [0.717, 1.165) is 59.6 Å². The lowest BCUT2D eigenvalue weighted by molar-refractivity contribution is 0.0748. The fourth-order valence-corrected chi connectivity index (χ4v) is 4.21. The normalized spacial score (nSPS) is 17.2. The average Bonchev–Trinajstić information content (AvgIpc) is 3.54. The molecule has 2 fully saturated rings. The highest BCUT2D eigenvalue weighted by atomic mass is 19.1. The van der Waals surface area contributed by atoms with E-state index in [9.17, 15) is 9.18 Å². The Labute approximate surface area is 168 Å². The molecule has 150 valence electrons. The van der Waals surface area contributed by atoms with Crippen LogP contribution in [0.3, 0.4) is 0 Å². The third kappa shape index (κ3) is 3.24. The van der Waals surface area contributed by atoms with Gasteiger partial charge in [0.1, 0.15) is 5.82 Å². The van der Waals surface area contributed by atoms with Crippen LogP contribution in [0.25, 0.3) is 11.0 Å². The molecule has 1 saturated carbocycles. The summed E-state index contributed by atoms with van der Waals surface area (Å²) in [6.45, 7) is 4.67. The lowest BCUT2D eigenvalue weighted by Crippen LogP contribution is -2.48. The molecule has 2 aromatic heterocycles. The second-order valence-corrected chi connectivity index (χ2v) is 8.03. The van der Waals surface area contributed by atoms with E-state index in [0.29, 0.717) is 19.0 Å². The Bertz CT molecular complexity index is 1080. The molecular formula is C22H24FN5O. The van der Waals surface area contributed by atoms with Crippen molar-refractivity contribution in [1.82, 2.24) is 19.7 Å². The smallest absolute Gasteiger partial charge is 0.254 e. The third-order valence-corrected chi connectivity index (χ3v) is 5.97. The molecule has 0 atom stereocenters. The van der Waals surface area contributed by atoms with E-state index in [1.54, 1.807) is 16.8 Å². The lowest BCUT2D eigenvalue weighted by Gasteiger charge is -2.36. The van der Waals surface area contributed by atoms with E-state index in [2.05, 4.69) is 10.00 Å². The van der Waals surface area contributed by atoms with Gasteiger partial charge in [0.15, 0.2) is 5.65 Å². The van der Waals surface area contributed by atoms with Crippen molar-refractivity contribution < 1.29 is 9.18 Å². The Morgan fingerprint density at radius 1 is 1.10 bits per heavy atom. The molecule has 3 heterocycles. The number of carbonyl (C=O) groups excluding carboxylic acids is 1. The largest absolute Gasteiger partial charge is 0.368 e. The SMILES string of the molecule is Cc1nn(C)c2nc(C3CC3)cc(C(=O)N3CCN(c4ccc(F)cc4)CC3)c12. The van der Waals surface area contributed by atoms with Crippen LogP contribution >= 0.6 is 0 Å². The number of pyridine rings is 1. The zero-order valence-corrected chi connectivity index (χ0v) is 16.7. The number of carbonyl (C=O) groups is 1. The van der Waals surface area contributed by atoms with E-state index in [-0.39, 0.29) is 11.7 Å². The summed E-state index contributed by atoms with van der Waals surface area (Å²) < 4.78 is 15.0. The molecule has 1 saturated heterocycles. The van der Waals surface area contributed by atoms with E-state index in [4.69, 9.17) is 4.98 Å². The van der Waals surface area contributed by atoms with Gasteiger partial charge in [-0.05, 0) is 50.1 Å². The predicted octanol–water partition coefficient (Wildman–Crippen LogP) is 3.26. The Kier molecular flexibility index (Phi) is 4.26. The van der Waals surface area contributed by atoms with Crippen molar-refractivity contribution >= 4 is 22.6 Å². The van der Waals surface area contributed by atoms with Crippen LogP contribution in [0.15, 0.2) is 30.3 Å². The van der Waals surface area contributed by atoms with Crippen LogP contribution in [0.1, 0.15) is 40.5 Å². The van der Waals surface area contributed by atoms with Gasteiger partial charge in [-0.2, -0.15) is 5.10 Å². The van der Waals surface area contributed by atoms with Gasteiger partial charge in [0, 0.05) is 50.5 Å². The predicted molar refractivity (Wildman–Crippen MR) is 110 cm³/mol. The number of piperazine rings is 1. The molecule has 0 N–H and O–H groups in total. The first-order valence-electron chi connectivity index (χ1n) is 10.2. The molecule has 0 bridgehead atoms. The zero-order valence-electron chi connectivity index (χ0n) is 16.7. The molecule has 29 heavy (non-hydrogen) atoms. The van der Waals surface area contributed by atoms with E-state index < -0.39 is 0 Å². The zero-order chi connectivity index (χ0) is 20.1. The summed E-state index contributed by atoms with van der Waals surface area (Å²) in [6.07, 6.45) is 2.28. The van der Waals surface area contributed by atoms with E-state index >= 15 is 0 Å². The fourth-order valence-electron chi connectivity index (χ4n) is 4.21. The quantitative estimate of drug-likeness (QED) is 0.685. The molecule has 0 unspecified atom stereocenters. The number of benzene rings is 1. The van der Waals surface area contributed by atoms with Crippen LogP contribution in [0.4, 0.5) is 10.1 Å². The van der Waals surface area contributed by atoms with Gasteiger partial charge in [-0.15, -0.1) is 0 Å². The first-order valence-corrected chi connectivity index (χ1v) is 10.2. The third-order valence-electron chi connectivity index (χ3n) is 5.97. The molecule has 0 spiro atoms. The lowest BCUT2D eigenvalue weighted by atomic mass is 10.1. The molecule has 2 aliphatic rings. The molecule has 0 radical (unpaired) electrons. The van der Waals surface area contributed by atoms with Crippen molar-refractivity contribution in [2.45, 2.75) is 25.7 Å². The van der Waals surface area contributed by atoms with Gasteiger partial charge >= 0.3 is 0 Å².